The van der Waals surface area contributed by atoms with Crippen LogP contribution in [0.15, 0.2) is 48.5 Å². The Balaban J connectivity index is 1.63. The molecule has 0 fully saturated rings. The summed E-state index contributed by atoms with van der Waals surface area (Å²) in [5, 5.41) is 15.7. The average Bonchev–Trinajstić information content (AvgIpc) is 3.19. The molecule has 30 heavy (non-hydrogen) atoms. The number of hydrogen-bond acceptors (Lipinski definition) is 5. The minimum absolute atomic E-state index is 0.116. The fourth-order valence-electron chi connectivity index (χ4n) is 2.75. The molecule has 0 unspecified atom stereocenters. The molecule has 0 aliphatic carbocycles. The number of rotatable bonds is 8. The molecule has 0 radical (unpaired) electrons. The van der Waals surface area contributed by atoms with Gasteiger partial charge in [0.05, 0.1) is 17.3 Å². The van der Waals surface area contributed by atoms with E-state index in [4.69, 9.17) is 23.2 Å². The Bertz CT molecular complexity index is 1030. The van der Waals surface area contributed by atoms with Crippen LogP contribution in [-0.2, 0) is 16.1 Å². The molecule has 0 saturated carbocycles. The molecule has 0 aliphatic rings. The number of amides is 2. The van der Waals surface area contributed by atoms with Crippen LogP contribution in [0.4, 0.5) is 5.69 Å². The Morgan fingerprint density at radius 2 is 1.90 bits per heavy atom. The highest BCUT2D eigenvalue weighted by Crippen LogP contribution is 2.25. The standard InChI is InChI=1S/C20H20Cl2N6O2/c1-2-10-27(12-18(29)23-17-9-8-15(21)11-16(17)22)19(30)13-28-25-20(24-26-28)14-6-4-3-5-7-14/h3-9,11H,2,10,12-13H2,1H3,(H,23,29). The van der Waals surface area contributed by atoms with Gasteiger partial charge in [-0.3, -0.25) is 9.59 Å². The van der Waals surface area contributed by atoms with Gasteiger partial charge in [-0.05, 0) is 29.8 Å². The third-order valence-corrected chi connectivity index (χ3v) is 4.70. The van der Waals surface area contributed by atoms with Crippen molar-refractivity contribution in [2.75, 3.05) is 18.4 Å². The highest BCUT2D eigenvalue weighted by atomic mass is 35.5. The maximum Gasteiger partial charge on any atom is 0.246 e. The molecule has 10 heteroatoms. The van der Waals surface area contributed by atoms with E-state index in [2.05, 4.69) is 20.7 Å². The maximum absolute atomic E-state index is 12.7. The Kier molecular flexibility index (Phi) is 7.37. The highest BCUT2D eigenvalue weighted by molar-refractivity contribution is 6.36. The first-order valence-electron chi connectivity index (χ1n) is 9.32. The van der Waals surface area contributed by atoms with Crippen molar-refractivity contribution in [3.05, 3.63) is 58.6 Å². The van der Waals surface area contributed by atoms with Gasteiger partial charge in [0.1, 0.15) is 6.54 Å². The first-order chi connectivity index (χ1) is 14.5. The monoisotopic (exact) mass is 446 g/mol. The Labute approximate surface area is 183 Å². The van der Waals surface area contributed by atoms with Crippen LogP contribution in [0.5, 0.6) is 0 Å². The van der Waals surface area contributed by atoms with E-state index in [-0.39, 0.29) is 24.9 Å². The molecule has 3 aromatic rings. The van der Waals surface area contributed by atoms with Crippen LogP contribution in [0.2, 0.25) is 10.0 Å². The summed E-state index contributed by atoms with van der Waals surface area (Å²) in [7, 11) is 0. The van der Waals surface area contributed by atoms with Gasteiger partial charge in [-0.2, -0.15) is 4.80 Å². The lowest BCUT2D eigenvalue weighted by Crippen LogP contribution is -2.40. The van der Waals surface area contributed by atoms with Crippen molar-refractivity contribution in [2.45, 2.75) is 19.9 Å². The Hall–Kier alpha value is -2.97. The lowest BCUT2D eigenvalue weighted by Gasteiger charge is -2.21. The maximum atomic E-state index is 12.7. The first-order valence-corrected chi connectivity index (χ1v) is 10.1. The number of hydrogen-bond donors (Lipinski definition) is 1. The summed E-state index contributed by atoms with van der Waals surface area (Å²) in [5.41, 5.74) is 1.24. The van der Waals surface area contributed by atoms with Crippen molar-refractivity contribution in [1.29, 1.82) is 0 Å². The average molecular weight is 447 g/mol. The van der Waals surface area contributed by atoms with Gasteiger partial charge in [0, 0.05) is 17.1 Å². The number of nitrogens with one attached hydrogen (secondary N) is 1. The number of benzene rings is 2. The van der Waals surface area contributed by atoms with Gasteiger partial charge in [-0.25, -0.2) is 0 Å². The lowest BCUT2D eigenvalue weighted by atomic mass is 10.2. The molecule has 1 N–H and O–H groups in total. The molecule has 0 spiro atoms. The minimum Gasteiger partial charge on any atom is -0.332 e. The summed E-state index contributed by atoms with van der Waals surface area (Å²) in [6, 6.07) is 14.1. The number of nitrogens with zero attached hydrogens (tertiary/aromatic N) is 5. The lowest BCUT2D eigenvalue weighted by molar-refractivity contribution is -0.135. The largest absolute Gasteiger partial charge is 0.332 e. The summed E-state index contributed by atoms with van der Waals surface area (Å²) in [4.78, 5) is 27.8. The zero-order valence-corrected chi connectivity index (χ0v) is 17.8. The van der Waals surface area contributed by atoms with Gasteiger partial charge in [0.15, 0.2) is 0 Å². The fourth-order valence-corrected chi connectivity index (χ4v) is 3.21. The van der Waals surface area contributed by atoms with E-state index in [0.29, 0.717) is 34.5 Å². The van der Waals surface area contributed by atoms with E-state index in [0.717, 1.165) is 5.56 Å². The highest BCUT2D eigenvalue weighted by Gasteiger charge is 2.19. The van der Waals surface area contributed by atoms with Gasteiger partial charge in [0.2, 0.25) is 17.6 Å². The van der Waals surface area contributed by atoms with Crippen molar-refractivity contribution in [3.63, 3.8) is 0 Å². The number of carbonyl (C=O) groups is 2. The summed E-state index contributed by atoms with van der Waals surface area (Å²) in [6.45, 7) is 2.11. The quantitative estimate of drug-likeness (QED) is 0.571. The summed E-state index contributed by atoms with van der Waals surface area (Å²) >= 11 is 12.0. The van der Waals surface area contributed by atoms with Crippen LogP contribution in [0, 0.1) is 0 Å². The molecule has 2 aromatic carbocycles. The van der Waals surface area contributed by atoms with E-state index >= 15 is 0 Å². The van der Waals surface area contributed by atoms with E-state index in [1.54, 1.807) is 12.1 Å². The second-order valence-corrected chi connectivity index (χ2v) is 7.34. The number of tetrazole rings is 1. The van der Waals surface area contributed by atoms with Crippen LogP contribution >= 0.6 is 23.2 Å². The second-order valence-electron chi connectivity index (χ2n) is 6.50. The molecular weight excluding hydrogens is 427 g/mol. The number of halogens is 2. The van der Waals surface area contributed by atoms with Gasteiger partial charge >= 0.3 is 0 Å². The SMILES string of the molecule is CCCN(CC(=O)Nc1ccc(Cl)cc1Cl)C(=O)Cn1nnc(-c2ccccc2)n1. The topological polar surface area (TPSA) is 93.0 Å². The van der Waals surface area contributed by atoms with Gasteiger partial charge < -0.3 is 10.2 Å². The van der Waals surface area contributed by atoms with Crippen LogP contribution in [0.1, 0.15) is 13.3 Å². The summed E-state index contributed by atoms with van der Waals surface area (Å²) < 4.78 is 0. The van der Waals surface area contributed by atoms with Crippen molar-refractivity contribution < 1.29 is 9.59 Å². The predicted octanol–water partition coefficient (Wildman–Crippen LogP) is 3.52. The second kappa shape index (κ2) is 10.2. The van der Waals surface area contributed by atoms with E-state index < -0.39 is 0 Å². The molecular formula is C20H20Cl2N6O2. The molecule has 0 bridgehead atoms. The first kappa shape index (κ1) is 21.7. The molecule has 0 aliphatic heterocycles. The third kappa shape index (κ3) is 5.77. The van der Waals surface area contributed by atoms with Crippen molar-refractivity contribution in [3.8, 4) is 11.4 Å². The predicted molar refractivity (Wildman–Crippen MR) is 115 cm³/mol. The molecule has 8 nitrogen and oxygen atoms in total. The Morgan fingerprint density at radius 1 is 1.13 bits per heavy atom. The zero-order chi connectivity index (χ0) is 21.5. The summed E-state index contributed by atoms with van der Waals surface area (Å²) in [6.07, 6.45) is 0.695. The van der Waals surface area contributed by atoms with Crippen LogP contribution in [0.3, 0.4) is 0 Å². The zero-order valence-electron chi connectivity index (χ0n) is 16.3. The van der Waals surface area contributed by atoms with Crippen molar-refractivity contribution in [1.82, 2.24) is 25.1 Å². The number of anilines is 1. The van der Waals surface area contributed by atoms with Crippen LogP contribution < -0.4 is 5.32 Å². The van der Waals surface area contributed by atoms with E-state index in [1.165, 1.54) is 15.8 Å². The van der Waals surface area contributed by atoms with Crippen molar-refractivity contribution >= 4 is 40.7 Å². The van der Waals surface area contributed by atoms with Crippen LogP contribution in [-0.4, -0.2) is 50.0 Å². The minimum atomic E-state index is -0.363. The Morgan fingerprint density at radius 3 is 2.60 bits per heavy atom. The third-order valence-electron chi connectivity index (χ3n) is 4.15. The number of aromatic nitrogens is 4. The van der Waals surface area contributed by atoms with Gasteiger partial charge in [0.25, 0.3) is 0 Å². The summed E-state index contributed by atoms with van der Waals surface area (Å²) in [5.74, 6) is -0.218. The molecule has 3 rings (SSSR count). The molecule has 1 aromatic heterocycles. The van der Waals surface area contributed by atoms with Gasteiger partial charge in [-0.15, -0.1) is 10.2 Å². The smallest absolute Gasteiger partial charge is 0.246 e. The molecule has 1 heterocycles. The van der Waals surface area contributed by atoms with E-state index in [9.17, 15) is 9.59 Å². The molecule has 156 valence electrons. The molecule has 0 saturated heterocycles. The van der Waals surface area contributed by atoms with Gasteiger partial charge in [-0.1, -0.05) is 60.5 Å². The number of carbonyl (C=O) groups excluding carboxylic acids is 2. The molecule has 2 amide bonds. The van der Waals surface area contributed by atoms with E-state index in [1.807, 2.05) is 37.3 Å². The van der Waals surface area contributed by atoms with Crippen LogP contribution in [0.25, 0.3) is 11.4 Å². The fraction of sp³-hybridized carbons (Fsp3) is 0.250. The molecule has 0 atom stereocenters. The normalized spacial score (nSPS) is 10.6. The van der Waals surface area contributed by atoms with Crippen molar-refractivity contribution in [2.24, 2.45) is 0 Å².